The number of esters is 1. The number of nitrogens with zero attached hydrogens (tertiary/aromatic N) is 2. The Bertz CT molecular complexity index is 335. The van der Waals surface area contributed by atoms with E-state index in [9.17, 15) is 4.79 Å². The van der Waals surface area contributed by atoms with Gasteiger partial charge in [0.2, 0.25) is 0 Å². The molecular weight excluding hydrogens is 194 g/mol. The largest absolute Gasteiger partial charge is 0.465 e. The van der Waals surface area contributed by atoms with E-state index >= 15 is 0 Å². The Morgan fingerprint density at radius 2 is 2.40 bits per heavy atom. The average Bonchev–Trinajstić information content (AvgIpc) is 2.62. The van der Waals surface area contributed by atoms with Crippen molar-refractivity contribution in [3.8, 4) is 0 Å². The molecule has 0 radical (unpaired) electrons. The molecule has 0 bridgehead atoms. The van der Waals surface area contributed by atoms with E-state index in [1.807, 2.05) is 18.4 Å². The van der Waals surface area contributed by atoms with Crippen LogP contribution in [-0.2, 0) is 9.53 Å². The zero-order chi connectivity index (χ0) is 11.4. The predicted octanol–water partition coefficient (Wildman–Crippen LogP) is 0.643. The van der Waals surface area contributed by atoms with Crippen LogP contribution >= 0.6 is 0 Å². The van der Waals surface area contributed by atoms with Crippen LogP contribution in [0.15, 0.2) is 12.4 Å². The fraction of sp³-hybridized carbons (Fsp3) is 0.600. The second kappa shape index (κ2) is 4.93. The van der Waals surface area contributed by atoms with Gasteiger partial charge >= 0.3 is 5.97 Å². The number of aryl methyl sites for hydroxylation is 1. The highest BCUT2D eigenvalue weighted by Crippen LogP contribution is 2.12. The molecule has 0 fully saturated rings. The van der Waals surface area contributed by atoms with Gasteiger partial charge in [0, 0.05) is 12.4 Å². The predicted molar refractivity (Wildman–Crippen MR) is 56.3 cm³/mol. The van der Waals surface area contributed by atoms with Crippen molar-refractivity contribution < 1.29 is 9.53 Å². The summed E-state index contributed by atoms with van der Waals surface area (Å²) in [5.74, 6) is 0.459. The third kappa shape index (κ3) is 2.56. The van der Waals surface area contributed by atoms with Crippen molar-refractivity contribution in [2.75, 3.05) is 6.61 Å². The van der Waals surface area contributed by atoms with E-state index in [4.69, 9.17) is 10.5 Å². The van der Waals surface area contributed by atoms with E-state index in [2.05, 4.69) is 4.98 Å². The van der Waals surface area contributed by atoms with Crippen LogP contribution in [0.1, 0.15) is 25.7 Å². The number of hydrogen-bond donors (Lipinski definition) is 1. The fourth-order valence-corrected chi connectivity index (χ4v) is 1.43. The van der Waals surface area contributed by atoms with Gasteiger partial charge in [0.25, 0.3) is 0 Å². The van der Waals surface area contributed by atoms with E-state index in [0.717, 1.165) is 5.82 Å². The zero-order valence-electron chi connectivity index (χ0n) is 9.30. The molecule has 1 heterocycles. The fourth-order valence-electron chi connectivity index (χ4n) is 1.43. The van der Waals surface area contributed by atoms with Crippen LogP contribution in [0, 0.1) is 6.92 Å². The first-order valence-corrected chi connectivity index (χ1v) is 4.99. The molecule has 0 saturated carbocycles. The van der Waals surface area contributed by atoms with Gasteiger partial charge in [-0.1, -0.05) is 0 Å². The molecule has 2 N–H and O–H groups in total. The third-order valence-corrected chi connectivity index (χ3v) is 2.38. The minimum atomic E-state index is -0.655. The summed E-state index contributed by atoms with van der Waals surface area (Å²) in [5, 5.41) is 0. The van der Waals surface area contributed by atoms with Crippen LogP contribution < -0.4 is 5.73 Å². The van der Waals surface area contributed by atoms with Crippen LogP contribution in [0.25, 0.3) is 0 Å². The van der Waals surface area contributed by atoms with E-state index in [0.29, 0.717) is 6.61 Å². The number of carbonyl (C=O) groups is 1. The molecule has 5 nitrogen and oxygen atoms in total. The van der Waals surface area contributed by atoms with Crippen molar-refractivity contribution in [3.05, 3.63) is 18.2 Å². The molecular formula is C10H17N3O2. The van der Waals surface area contributed by atoms with Crippen LogP contribution in [0.5, 0.6) is 0 Å². The zero-order valence-corrected chi connectivity index (χ0v) is 9.30. The number of rotatable bonds is 4. The van der Waals surface area contributed by atoms with Crippen molar-refractivity contribution in [3.63, 3.8) is 0 Å². The van der Waals surface area contributed by atoms with E-state index in [1.165, 1.54) is 0 Å². The lowest BCUT2D eigenvalue weighted by Crippen LogP contribution is -2.39. The second-order valence-electron chi connectivity index (χ2n) is 3.40. The van der Waals surface area contributed by atoms with Gasteiger partial charge < -0.3 is 15.0 Å². The van der Waals surface area contributed by atoms with Gasteiger partial charge in [-0.25, -0.2) is 4.98 Å². The van der Waals surface area contributed by atoms with E-state index < -0.39 is 6.04 Å². The monoisotopic (exact) mass is 211 g/mol. The van der Waals surface area contributed by atoms with E-state index in [-0.39, 0.29) is 12.0 Å². The molecule has 0 aliphatic rings. The lowest BCUT2D eigenvalue weighted by atomic mass is 10.1. The first-order chi connectivity index (χ1) is 7.07. The van der Waals surface area contributed by atoms with Crippen LogP contribution in [0.4, 0.5) is 0 Å². The molecule has 0 aliphatic carbocycles. The van der Waals surface area contributed by atoms with Crippen molar-refractivity contribution in [2.45, 2.75) is 32.9 Å². The lowest BCUT2D eigenvalue weighted by Gasteiger charge is -2.20. The van der Waals surface area contributed by atoms with E-state index in [1.54, 1.807) is 19.3 Å². The molecule has 15 heavy (non-hydrogen) atoms. The molecule has 0 spiro atoms. The molecule has 5 heteroatoms. The first kappa shape index (κ1) is 11.7. The van der Waals surface area contributed by atoms with Crippen molar-refractivity contribution in [1.29, 1.82) is 0 Å². The number of ether oxygens (including phenoxy) is 1. The van der Waals surface area contributed by atoms with Gasteiger partial charge in [-0.2, -0.15) is 0 Å². The molecule has 2 unspecified atom stereocenters. The number of hydrogen-bond acceptors (Lipinski definition) is 4. The summed E-state index contributed by atoms with van der Waals surface area (Å²) in [6.07, 6.45) is 3.49. The minimum absolute atomic E-state index is 0.147. The maximum atomic E-state index is 11.4. The lowest BCUT2D eigenvalue weighted by molar-refractivity contribution is -0.145. The Balaban J connectivity index is 2.72. The first-order valence-electron chi connectivity index (χ1n) is 4.99. The molecule has 0 amide bonds. The Labute approximate surface area is 89.2 Å². The minimum Gasteiger partial charge on any atom is -0.465 e. The summed E-state index contributed by atoms with van der Waals surface area (Å²) in [6, 6.07) is -0.801. The summed E-state index contributed by atoms with van der Waals surface area (Å²) in [5.41, 5.74) is 5.78. The topological polar surface area (TPSA) is 70.1 Å². The van der Waals surface area contributed by atoms with Gasteiger partial charge in [-0.15, -0.1) is 0 Å². The smallest absolute Gasteiger partial charge is 0.325 e. The van der Waals surface area contributed by atoms with Crippen molar-refractivity contribution in [1.82, 2.24) is 9.55 Å². The molecule has 1 aromatic heterocycles. The summed E-state index contributed by atoms with van der Waals surface area (Å²) >= 11 is 0. The molecule has 0 saturated heterocycles. The molecule has 0 aromatic carbocycles. The van der Waals surface area contributed by atoms with Gasteiger partial charge in [0.05, 0.1) is 12.6 Å². The van der Waals surface area contributed by atoms with Gasteiger partial charge in [0.1, 0.15) is 11.9 Å². The van der Waals surface area contributed by atoms with Gasteiger partial charge in [-0.05, 0) is 20.8 Å². The standard InChI is InChI=1S/C10H17N3O2/c1-4-15-10(14)9(11)7(2)13-6-5-12-8(13)3/h5-7,9H,4,11H2,1-3H3. The number of carbonyl (C=O) groups excluding carboxylic acids is 1. The third-order valence-electron chi connectivity index (χ3n) is 2.38. The summed E-state index contributed by atoms with van der Waals surface area (Å²) < 4.78 is 6.73. The van der Waals surface area contributed by atoms with Gasteiger partial charge in [-0.3, -0.25) is 4.79 Å². The Hall–Kier alpha value is -1.36. The molecule has 0 aliphatic heterocycles. The second-order valence-corrected chi connectivity index (χ2v) is 3.40. The highest BCUT2D eigenvalue weighted by atomic mass is 16.5. The summed E-state index contributed by atoms with van der Waals surface area (Å²) in [6.45, 7) is 5.85. The molecule has 1 rings (SSSR count). The maximum absolute atomic E-state index is 11.4. The quantitative estimate of drug-likeness (QED) is 0.742. The Kier molecular flexibility index (Phi) is 3.85. The number of aromatic nitrogens is 2. The summed E-state index contributed by atoms with van der Waals surface area (Å²) in [4.78, 5) is 15.5. The molecule has 84 valence electrons. The van der Waals surface area contributed by atoms with Crippen LogP contribution in [0.2, 0.25) is 0 Å². The van der Waals surface area contributed by atoms with Gasteiger partial charge in [0.15, 0.2) is 0 Å². The normalized spacial score (nSPS) is 14.7. The Morgan fingerprint density at radius 3 is 2.87 bits per heavy atom. The number of imidazole rings is 1. The summed E-state index contributed by atoms with van der Waals surface area (Å²) in [7, 11) is 0. The highest BCUT2D eigenvalue weighted by Gasteiger charge is 2.23. The Morgan fingerprint density at radius 1 is 1.73 bits per heavy atom. The highest BCUT2D eigenvalue weighted by molar-refractivity contribution is 5.76. The maximum Gasteiger partial charge on any atom is 0.325 e. The molecule has 1 aromatic rings. The SMILES string of the molecule is CCOC(=O)C(N)C(C)n1ccnc1C. The van der Waals surface area contributed by atoms with Crippen LogP contribution in [0.3, 0.4) is 0 Å². The van der Waals surface area contributed by atoms with Crippen LogP contribution in [-0.4, -0.2) is 28.2 Å². The van der Waals surface area contributed by atoms with Crippen molar-refractivity contribution in [2.24, 2.45) is 5.73 Å². The molecule has 2 atom stereocenters. The average molecular weight is 211 g/mol. The van der Waals surface area contributed by atoms with Crippen molar-refractivity contribution >= 4 is 5.97 Å². The number of nitrogens with two attached hydrogens (primary N) is 1.